The summed E-state index contributed by atoms with van der Waals surface area (Å²) >= 11 is 6.82. The number of nitrogens with zero attached hydrogens (tertiary/aromatic N) is 1. The van der Waals surface area contributed by atoms with Crippen LogP contribution in [0.2, 0.25) is 0 Å². The first-order valence-electron chi connectivity index (χ1n) is 5.27. The van der Waals surface area contributed by atoms with Crippen LogP contribution in [0.5, 0.6) is 0 Å². The van der Waals surface area contributed by atoms with Crippen LogP contribution in [0.25, 0.3) is 0 Å². The monoisotopic (exact) mass is 377 g/mol. The van der Waals surface area contributed by atoms with Gasteiger partial charge in [0.2, 0.25) is 0 Å². The van der Waals surface area contributed by atoms with Gasteiger partial charge in [-0.1, -0.05) is 61.3 Å². The Kier molecular flexibility index (Phi) is 6.35. The number of oxime groups is 1. The zero-order valence-corrected chi connectivity index (χ0v) is 13.2. The summed E-state index contributed by atoms with van der Waals surface area (Å²) in [6.45, 7) is 2.03. The fourth-order valence-corrected chi connectivity index (χ4v) is 2.19. The molecule has 0 unspecified atom stereocenters. The van der Waals surface area contributed by atoms with E-state index in [0.29, 0.717) is 5.56 Å². The lowest BCUT2D eigenvalue weighted by Gasteiger charge is -2.11. The van der Waals surface area contributed by atoms with Crippen molar-refractivity contribution in [2.75, 3.05) is 13.7 Å². The van der Waals surface area contributed by atoms with Crippen molar-refractivity contribution >= 4 is 43.5 Å². The van der Waals surface area contributed by atoms with E-state index < -0.39 is 5.97 Å². The van der Waals surface area contributed by atoms with Gasteiger partial charge in [-0.15, -0.1) is 0 Å². The van der Waals surface area contributed by atoms with Gasteiger partial charge in [0, 0.05) is 5.56 Å². The maximum absolute atomic E-state index is 11.8. The van der Waals surface area contributed by atoms with Crippen LogP contribution >= 0.6 is 31.9 Å². The van der Waals surface area contributed by atoms with Crippen molar-refractivity contribution < 1.29 is 14.4 Å². The van der Waals surface area contributed by atoms with E-state index in [1.165, 1.54) is 7.11 Å². The Morgan fingerprint density at radius 2 is 2.06 bits per heavy atom. The topological polar surface area (TPSA) is 47.9 Å². The predicted molar refractivity (Wildman–Crippen MR) is 77.2 cm³/mol. The van der Waals surface area contributed by atoms with E-state index in [1.807, 2.05) is 18.2 Å². The molecule has 18 heavy (non-hydrogen) atoms. The molecule has 0 aliphatic heterocycles. The summed E-state index contributed by atoms with van der Waals surface area (Å²) in [4.78, 5) is 16.6. The highest BCUT2D eigenvalue weighted by atomic mass is 79.9. The van der Waals surface area contributed by atoms with Crippen molar-refractivity contribution in [3.63, 3.8) is 0 Å². The van der Waals surface area contributed by atoms with Gasteiger partial charge in [0.25, 0.3) is 0 Å². The van der Waals surface area contributed by atoms with Gasteiger partial charge in [-0.05, 0) is 12.5 Å². The lowest BCUT2D eigenvalue weighted by atomic mass is 10.0. The molecule has 0 radical (unpaired) electrons. The number of esters is 1. The third-order valence-corrected chi connectivity index (χ3v) is 3.09. The quantitative estimate of drug-likeness (QED) is 0.341. The van der Waals surface area contributed by atoms with E-state index in [1.54, 1.807) is 13.0 Å². The minimum Gasteiger partial charge on any atom is -0.461 e. The first-order chi connectivity index (χ1) is 8.61. The predicted octanol–water partition coefficient (Wildman–Crippen LogP) is 3.39. The second kappa shape index (κ2) is 7.53. The Balaban J connectivity index is 3.22. The maximum Gasteiger partial charge on any atom is 0.361 e. The van der Waals surface area contributed by atoms with Crippen LogP contribution in [0.1, 0.15) is 21.8 Å². The number of halogens is 2. The van der Waals surface area contributed by atoms with Gasteiger partial charge in [-0.3, -0.25) is 0 Å². The maximum atomic E-state index is 11.8. The summed E-state index contributed by atoms with van der Waals surface area (Å²) in [6, 6.07) is 7.38. The third kappa shape index (κ3) is 3.81. The molecule has 0 spiro atoms. The van der Waals surface area contributed by atoms with Gasteiger partial charge in [-0.2, -0.15) is 0 Å². The number of ether oxygens (including phenoxy) is 1. The summed E-state index contributed by atoms with van der Waals surface area (Å²) in [7, 11) is 1.39. The normalized spacial score (nSPS) is 11.5. The van der Waals surface area contributed by atoms with E-state index in [-0.39, 0.29) is 16.1 Å². The number of hydrogen-bond acceptors (Lipinski definition) is 4. The van der Waals surface area contributed by atoms with E-state index in [2.05, 4.69) is 37.0 Å². The molecule has 0 aliphatic carbocycles. The van der Waals surface area contributed by atoms with Crippen LogP contribution in [0.3, 0.4) is 0 Å². The van der Waals surface area contributed by atoms with Crippen LogP contribution < -0.4 is 0 Å². The molecule has 0 atom stereocenters. The van der Waals surface area contributed by atoms with E-state index >= 15 is 0 Å². The number of benzene rings is 1. The van der Waals surface area contributed by atoms with Gasteiger partial charge in [0.15, 0.2) is 5.71 Å². The highest BCUT2D eigenvalue weighted by Gasteiger charge is 2.21. The highest BCUT2D eigenvalue weighted by Crippen LogP contribution is 2.32. The van der Waals surface area contributed by atoms with Crippen molar-refractivity contribution in [2.24, 2.45) is 5.16 Å². The molecule has 0 aliphatic rings. The summed E-state index contributed by atoms with van der Waals surface area (Å²) in [5.41, 5.74) is 1.69. The minimum atomic E-state index is -0.507. The van der Waals surface area contributed by atoms with Crippen LogP contribution in [0.15, 0.2) is 29.4 Å². The van der Waals surface area contributed by atoms with Crippen molar-refractivity contribution in [3.8, 4) is 0 Å². The van der Waals surface area contributed by atoms with Crippen molar-refractivity contribution in [3.05, 3.63) is 35.4 Å². The van der Waals surface area contributed by atoms with E-state index in [0.717, 1.165) is 5.56 Å². The van der Waals surface area contributed by atoms with Gasteiger partial charge >= 0.3 is 5.97 Å². The molecular formula is C12H13Br2NO3. The molecule has 4 nitrogen and oxygen atoms in total. The molecule has 0 bridgehead atoms. The van der Waals surface area contributed by atoms with Crippen LogP contribution in [-0.2, 0) is 14.4 Å². The van der Waals surface area contributed by atoms with Crippen LogP contribution in [-0.4, -0.2) is 25.4 Å². The molecule has 0 fully saturated rings. The van der Waals surface area contributed by atoms with E-state index in [9.17, 15) is 4.79 Å². The van der Waals surface area contributed by atoms with Gasteiger partial charge in [0.1, 0.15) is 7.11 Å². The number of carbonyl (C=O) groups excluding carboxylic acids is 1. The number of carbonyl (C=O) groups is 1. The Morgan fingerprint density at radius 1 is 1.39 bits per heavy atom. The van der Waals surface area contributed by atoms with E-state index in [4.69, 9.17) is 9.57 Å². The summed E-state index contributed by atoms with van der Waals surface area (Å²) in [5, 5.41) is 3.76. The zero-order valence-electron chi connectivity index (χ0n) is 10.0. The molecule has 0 amide bonds. The molecule has 0 heterocycles. The largest absolute Gasteiger partial charge is 0.461 e. The smallest absolute Gasteiger partial charge is 0.361 e. The van der Waals surface area contributed by atoms with Crippen molar-refractivity contribution in [1.82, 2.24) is 0 Å². The summed E-state index contributed by atoms with van der Waals surface area (Å²) < 4.78 is 4.88. The molecule has 0 aromatic heterocycles. The molecule has 0 saturated heterocycles. The minimum absolute atomic E-state index is 0.0855. The molecule has 1 rings (SSSR count). The first kappa shape index (κ1) is 15.2. The Hall–Kier alpha value is -0.880. The number of hydrogen-bond donors (Lipinski definition) is 0. The number of rotatable bonds is 5. The van der Waals surface area contributed by atoms with Crippen LogP contribution in [0.4, 0.5) is 0 Å². The lowest BCUT2D eigenvalue weighted by Crippen LogP contribution is -2.20. The molecular weight excluding hydrogens is 366 g/mol. The average molecular weight is 379 g/mol. The second-order valence-electron chi connectivity index (χ2n) is 3.23. The summed E-state index contributed by atoms with van der Waals surface area (Å²) in [6.07, 6.45) is 0. The van der Waals surface area contributed by atoms with Crippen molar-refractivity contribution in [2.45, 2.75) is 10.7 Å². The molecule has 98 valence electrons. The van der Waals surface area contributed by atoms with Crippen molar-refractivity contribution in [1.29, 1.82) is 0 Å². The standard InChI is InChI=1S/C12H13Br2NO3/c1-3-18-12(16)10(15-17-2)8-6-4-5-7-9(8)11(13)14/h4-7,11H,3H2,1-2H3/b15-10+. The Bertz CT molecular complexity index is 447. The third-order valence-electron chi connectivity index (χ3n) is 2.10. The highest BCUT2D eigenvalue weighted by molar-refractivity contribution is 9.24. The molecule has 0 saturated carbocycles. The number of alkyl halides is 2. The van der Waals surface area contributed by atoms with Gasteiger partial charge in [0.05, 0.1) is 10.3 Å². The van der Waals surface area contributed by atoms with Gasteiger partial charge < -0.3 is 9.57 Å². The van der Waals surface area contributed by atoms with Crippen LogP contribution in [0, 0.1) is 0 Å². The molecule has 1 aromatic carbocycles. The zero-order chi connectivity index (χ0) is 13.5. The second-order valence-corrected chi connectivity index (χ2v) is 6.29. The average Bonchev–Trinajstić information content (AvgIpc) is 2.36. The van der Waals surface area contributed by atoms with Gasteiger partial charge in [-0.25, -0.2) is 4.79 Å². The Labute approximate surface area is 123 Å². The molecule has 0 N–H and O–H groups in total. The summed E-state index contributed by atoms with van der Waals surface area (Å²) in [5.74, 6) is -0.507. The fraction of sp³-hybridized carbons (Fsp3) is 0.333. The molecule has 6 heteroatoms. The molecule has 1 aromatic rings. The SMILES string of the molecule is CCOC(=O)/C(=N/OC)c1ccccc1C(Br)Br. The Morgan fingerprint density at radius 3 is 2.61 bits per heavy atom. The fourth-order valence-electron chi connectivity index (χ4n) is 1.39. The first-order valence-corrected chi connectivity index (χ1v) is 7.10. The lowest BCUT2D eigenvalue weighted by molar-refractivity contribution is -0.135.